The molecule has 0 radical (unpaired) electrons. The highest BCUT2D eigenvalue weighted by Crippen LogP contribution is 2.36. The maximum atomic E-state index is 13.4. The average molecular weight is 467 g/mol. The van der Waals surface area contributed by atoms with Crippen molar-refractivity contribution in [1.29, 1.82) is 0 Å². The zero-order valence-electron chi connectivity index (χ0n) is 16.7. The fourth-order valence-corrected chi connectivity index (χ4v) is 5.50. The van der Waals surface area contributed by atoms with Crippen LogP contribution in [-0.4, -0.2) is 41.9 Å². The zero-order chi connectivity index (χ0) is 22.2. The summed E-state index contributed by atoms with van der Waals surface area (Å²) in [7, 11) is -2.06. The Labute approximate surface area is 184 Å². The molecule has 4 rings (SSSR count). The molecule has 1 aliphatic rings. The summed E-state index contributed by atoms with van der Waals surface area (Å²) in [6.45, 7) is 0.947. The minimum atomic E-state index is -3.77. The van der Waals surface area contributed by atoms with E-state index in [2.05, 4.69) is 10.3 Å². The van der Waals surface area contributed by atoms with E-state index in [1.165, 1.54) is 41.1 Å². The second kappa shape index (κ2) is 8.57. The summed E-state index contributed by atoms with van der Waals surface area (Å²) in [5.74, 6) is -1.12. The van der Waals surface area contributed by atoms with E-state index < -0.39 is 15.8 Å². The standard InChI is InChI=1S/C21H21ClF2N4O2S/c1-27-12-21(26-13-27)31(29,30)28-10-15(9-25-17-6-7-20(24)19(22)8-17)18(11-28)14-2-4-16(23)5-3-14/h2-8,12-13,15,18,25H,9-11H2,1H3/t15-,18+/m0/s1. The highest BCUT2D eigenvalue weighted by molar-refractivity contribution is 7.89. The molecule has 10 heteroatoms. The Kier molecular flexibility index (Phi) is 6.00. The fraction of sp³-hybridized carbons (Fsp3) is 0.286. The predicted octanol–water partition coefficient (Wildman–Crippen LogP) is 3.87. The molecule has 2 atom stereocenters. The van der Waals surface area contributed by atoms with E-state index in [0.29, 0.717) is 12.2 Å². The lowest BCUT2D eigenvalue weighted by Gasteiger charge is -2.20. The lowest BCUT2D eigenvalue weighted by molar-refractivity contribution is 0.459. The molecule has 6 nitrogen and oxygen atoms in total. The minimum absolute atomic E-state index is 0.00543. The Bertz CT molecular complexity index is 1180. The second-order valence-corrected chi connectivity index (χ2v) is 9.92. The third-order valence-electron chi connectivity index (χ3n) is 5.48. The van der Waals surface area contributed by atoms with Crippen molar-refractivity contribution >= 4 is 27.3 Å². The molecule has 0 spiro atoms. The fourth-order valence-electron chi connectivity index (χ4n) is 3.83. The number of nitrogens with one attached hydrogen (secondary N) is 1. The van der Waals surface area contributed by atoms with E-state index in [9.17, 15) is 17.2 Å². The van der Waals surface area contributed by atoms with Gasteiger partial charge in [0.05, 0.1) is 11.3 Å². The number of halogens is 3. The average Bonchev–Trinajstić information content (AvgIpc) is 3.37. The number of hydrogen-bond acceptors (Lipinski definition) is 4. The van der Waals surface area contributed by atoms with Crippen LogP contribution in [0, 0.1) is 17.6 Å². The van der Waals surface area contributed by atoms with Crippen molar-refractivity contribution in [3.05, 3.63) is 77.2 Å². The van der Waals surface area contributed by atoms with Gasteiger partial charge in [0.25, 0.3) is 10.0 Å². The molecule has 2 heterocycles. The van der Waals surface area contributed by atoms with Gasteiger partial charge in [-0.1, -0.05) is 23.7 Å². The Morgan fingerprint density at radius 2 is 1.90 bits per heavy atom. The third kappa shape index (κ3) is 4.58. The first-order chi connectivity index (χ1) is 14.7. The SMILES string of the molecule is Cn1cnc(S(=O)(=O)N2C[C@H](CNc3ccc(F)c(Cl)c3)[C@@H](c3ccc(F)cc3)C2)c1. The highest BCUT2D eigenvalue weighted by Gasteiger charge is 2.40. The van der Waals surface area contributed by atoms with Crippen LogP contribution in [-0.2, 0) is 17.1 Å². The summed E-state index contributed by atoms with van der Waals surface area (Å²) in [6, 6.07) is 10.4. The van der Waals surface area contributed by atoms with Crippen molar-refractivity contribution in [1.82, 2.24) is 13.9 Å². The number of sulfonamides is 1. The van der Waals surface area contributed by atoms with Crippen molar-refractivity contribution in [3.63, 3.8) is 0 Å². The molecule has 1 fully saturated rings. The van der Waals surface area contributed by atoms with E-state index in [4.69, 9.17) is 11.6 Å². The summed E-state index contributed by atoms with van der Waals surface area (Å²) < 4.78 is 56.0. The van der Waals surface area contributed by atoms with Gasteiger partial charge in [0.2, 0.25) is 0 Å². The van der Waals surface area contributed by atoms with Crippen LogP contribution in [0.25, 0.3) is 0 Å². The number of benzene rings is 2. The van der Waals surface area contributed by atoms with E-state index in [1.54, 1.807) is 29.8 Å². The van der Waals surface area contributed by atoms with Crippen molar-refractivity contribution in [2.45, 2.75) is 10.9 Å². The first-order valence-corrected chi connectivity index (χ1v) is 11.5. The van der Waals surface area contributed by atoms with Crippen LogP contribution in [0.2, 0.25) is 5.02 Å². The molecule has 0 bridgehead atoms. The molecular formula is C21H21ClF2N4O2S. The molecule has 31 heavy (non-hydrogen) atoms. The van der Waals surface area contributed by atoms with Gasteiger partial charge in [-0.25, -0.2) is 22.2 Å². The van der Waals surface area contributed by atoms with Crippen molar-refractivity contribution in [2.24, 2.45) is 13.0 Å². The van der Waals surface area contributed by atoms with E-state index in [1.807, 2.05) is 0 Å². The number of rotatable bonds is 6. The maximum absolute atomic E-state index is 13.4. The topological polar surface area (TPSA) is 67.2 Å². The number of aryl methyl sites for hydroxylation is 1. The molecule has 3 aromatic rings. The Balaban J connectivity index is 1.58. The monoisotopic (exact) mass is 466 g/mol. The molecule has 0 amide bonds. The van der Waals surface area contributed by atoms with Crippen LogP contribution >= 0.6 is 11.6 Å². The van der Waals surface area contributed by atoms with Gasteiger partial charge in [-0.15, -0.1) is 0 Å². The molecular weight excluding hydrogens is 446 g/mol. The van der Waals surface area contributed by atoms with Crippen LogP contribution in [0.5, 0.6) is 0 Å². The quantitative estimate of drug-likeness (QED) is 0.599. The molecule has 1 saturated heterocycles. The van der Waals surface area contributed by atoms with Crippen molar-refractivity contribution < 1.29 is 17.2 Å². The predicted molar refractivity (Wildman–Crippen MR) is 114 cm³/mol. The van der Waals surface area contributed by atoms with Crippen LogP contribution in [0.15, 0.2) is 60.0 Å². The van der Waals surface area contributed by atoms with Gasteiger partial charge < -0.3 is 9.88 Å². The van der Waals surface area contributed by atoms with E-state index in [-0.39, 0.29) is 40.8 Å². The summed E-state index contributed by atoms with van der Waals surface area (Å²) >= 11 is 5.85. The Morgan fingerprint density at radius 1 is 1.16 bits per heavy atom. The van der Waals surface area contributed by atoms with E-state index in [0.717, 1.165) is 5.56 Å². The molecule has 2 aromatic carbocycles. The smallest absolute Gasteiger partial charge is 0.262 e. The Morgan fingerprint density at radius 3 is 2.55 bits per heavy atom. The van der Waals surface area contributed by atoms with Crippen LogP contribution in [0.1, 0.15) is 11.5 Å². The number of nitrogens with zero attached hydrogens (tertiary/aromatic N) is 3. The van der Waals surface area contributed by atoms with Crippen LogP contribution in [0.3, 0.4) is 0 Å². The molecule has 1 N–H and O–H groups in total. The highest BCUT2D eigenvalue weighted by atomic mass is 35.5. The number of imidazole rings is 1. The van der Waals surface area contributed by atoms with Crippen LogP contribution in [0.4, 0.5) is 14.5 Å². The maximum Gasteiger partial charge on any atom is 0.262 e. The molecule has 0 saturated carbocycles. The molecule has 164 valence electrons. The number of hydrogen-bond donors (Lipinski definition) is 1. The summed E-state index contributed by atoms with van der Waals surface area (Å²) in [4.78, 5) is 4.00. The molecule has 0 aliphatic carbocycles. The normalized spacial score (nSPS) is 19.6. The third-order valence-corrected chi connectivity index (χ3v) is 7.49. The van der Waals surface area contributed by atoms with Gasteiger partial charge >= 0.3 is 0 Å². The second-order valence-electron chi connectivity index (χ2n) is 7.63. The summed E-state index contributed by atoms with van der Waals surface area (Å²) in [5, 5.41) is 3.21. The van der Waals surface area contributed by atoms with Crippen molar-refractivity contribution in [2.75, 3.05) is 25.0 Å². The largest absolute Gasteiger partial charge is 0.385 e. The Hall–Kier alpha value is -2.49. The minimum Gasteiger partial charge on any atom is -0.385 e. The molecule has 1 aromatic heterocycles. The van der Waals surface area contributed by atoms with Gasteiger partial charge in [0, 0.05) is 44.5 Å². The summed E-state index contributed by atoms with van der Waals surface area (Å²) in [5.41, 5.74) is 1.49. The number of aromatic nitrogens is 2. The first-order valence-electron chi connectivity index (χ1n) is 9.66. The van der Waals surface area contributed by atoms with Gasteiger partial charge in [0.1, 0.15) is 11.6 Å². The van der Waals surface area contributed by atoms with Gasteiger partial charge in [0.15, 0.2) is 5.03 Å². The van der Waals surface area contributed by atoms with Crippen molar-refractivity contribution in [3.8, 4) is 0 Å². The zero-order valence-corrected chi connectivity index (χ0v) is 18.2. The van der Waals surface area contributed by atoms with Gasteiger partial charge in [-0.2, -0.15) is 4.31 Å². The lowest BCUT2D eigenvalue weighted by Crippen LogP contribution is -2.30. The lowest BCUT2D eigenvalue weighted by atomic mass is 9.89. The first kappa shape index (κ1) is 21.7. The number of anilines is 1. The summed E-state index contributed by atoms with van der Waals surface area (Å²) in [6.07, 6.45) is 2.91. The van der Waals surface area contributed by atoms with E-state index >= 15 is 0 Å². The van der Waals surface area contributed by atoms with Crippen LogP contribution < -0.4 is 5.32 Å². The van der Waals surface area contributed by atoms with Gasteiger partial charge in [-0.05, 0) is 41.8 Å². The van der Waals surface area contributed by atoms with Gasteiger partial charge in [-0.3, -0.25) is 0 Å². The molecule has 1 aliphatic heterocycles. The molecule has 0 unspecified atom stereocenters.